The van der Waals surface area contributed by atoms with Crippen LogP contribution in [0.3, 0.4) is 0 Å². The van der Waals surface area contributed by atoms with Crippen LogP contribution in [0.4, 0.5) is 11.4 Å². The predicted octanol–water partition coefficient (Wildman–Crippen LogP) is 3.23. The summed E-state index contributed by atoms with van der Waals surface area (Å²) in [6, 6.07) is 11.8. The van der Waals surface area contributed by atoms with Crippen LogP contribution in [0, 0.1) is 0 Å². The third kappa shape index (κ3) is 3.77. The summed E-state index contributed by atoms with van der Waals surface area (Å²) >= 11 is 6.01. The average molecular weight is 373 g/mol. The van der Waals surface area contributed by atoms with E-state index in [9.17, 15) is 15.0 Å². The minimum atomic E-state index is -1.09. The Labute approximate surface area is 154 Å². The van der Waals surface area contributed by atoms with Crippen molar-refractivity contribution < 1.29 is 20.1 Å². The third-order valence-electron chi connectivity index (χ3n) is 4.01. The van der Waals surface area contributed by atoms with Gasteiger partial charge >= 0.3 is 5.97 Å². The molecule has 26 heavy (non-hydrogen) atoms. The Morgan fingerprint density at radius 3 is 2.77 bits per heavy atom. The van der Waals surface area contributed by atoms with Crippen molar-refractivity contribution in [1.29, 1.82) is 0 Å². The second-order valence-electron chi connectivity index (χ2n) is 5.83. The summed E-state index contributed by atoms with van der Waals surface area (Å²) in [7, 11) is 0. The first-order valence-corrected chi connectivity index (χ1v) is 8.33. The number of fused-ring (bicyclic) bond motifs is 1. The van der Waals surface area contributed by atoms with E-state index in [0.29, 0.717) is 27.5 Å². The van der Waals surface area contributed by atoms with Crippen LogP contribution in [0.5, 0.6) is 0 Å². The number of aromatic nitrogens is 1. The van der Waals surface area contributed by atoms with Crippen molar-refractivity contribution in [2.45, 2.75) is 12.5 Å². The van der Waals surface area contributed by atoms with Crippen LogP contribution in [0.15, 0.2) is 48.7 Å². The number of carbonyl (C=O) groups is 1. The highest BCUT2D eigenvalue weighted by molar-refractivity contribution is 6.31. The molecule has 1 heterocycles. The zero-order valence-corrected chi connectivity index (χ0v) is 14.4. The molecule has 0 aliphatic rings. The molecule has 0 aliphatic carbocycles. The smallest absolute Gasteiger partial charge is 0.337 e. The van der Waals surface area contributed by atoms with E-state index in [2.05, 4.69) is 10.3 Å². The molecular weight excluding hydrogens is 356 g/mol. The standard InChI is InChI=1S/C19H17ClN2O4/c20-12-4-5-14-16(6-7-21-17(14)9-12)22-18-11(8-13(24)10-23)2-1-3-15(18)19(25)26/h1-7,9,13,23-24H,8,10H2,(H,21,22)(H,25,26). The minimum Gasteiger partial charge on any atom is -0.478 e. The first-order chi connectivity index (χ1) is 12.5. The lowest BCUT2D eigenvalue weighted by atomic mass is 10.0. The van der Waals surface area contributed by atoms with E-state index in [1.54, 1.807) is 42.6 Å². The highest BCUT2D eigenvalue weighted by atomic mass is 35.5. The number of para-hydroxylation sites is 1. The maximum absolute atomic E-state index is 11.6. The normalized spacial score (nSPS) is 12.1. The summed E-state index contributed by atoms with van der Waals surface area (Å²) in [5.74, 6) is -1.09. The molecule has 4 N–H and O–H groups in total. The SMILES string of the molecule is O=C(O)c1cccc(CC(O)CO)c1Nc1ccnc2cc(Cl)ccc12. The molecule has 0 radical (unpaired) electrons. The largest absolute Gasteiger partial charge is 0.478 e. The van der Waals surface area contributed by atoms with Gasteiger partial charge in [-0.1, -0.05) is 23.7 Å². The van der Waals surface area contributed by atoms with Gasteiger partial charge in [0.2, 0.25) is 0 Å². The number of aromatic carboxylic acids is 1. The van der Waals surface area contributed by atoms with Crippen molar-refractivity contribution in [3.63, 3.8) is 0 Å². The molecule has 0 fully saturated rings. The summed E-state index contributed by atoms with van der Waals surface area (Å²) in [6.45, 7) is -0.409. The number of halogens is 1. The van der Waals surface area contributed by atoms with Crippen molar-refractivity contribution in [3.8, 4) is 0 Å². The predicted molar refractivity (Wildman–Crippen MR) is 100 cm³/mol. The van der Waals surface area contributed by atoms with Gasteiger partial charge < -0.3 is 20.6 Å². The van der Waals surface area contributed by atoms with Gasteiger partial charge in [-0.15, -0.1) is 0 Å². The fourth-order valence-corrected chi connectivity index (χ4v) is 2.95. The van der Waals surface area contributed by atoms with E-state index in [-0.39, 0.29) is 12.0 Å². The lowest BCUT2D eigenvalue weighted by molar-refractivity contribution is 0.0697. The van der Waals surface area contributed by atoms with Crippen molar-refractivity contribution >= 4 is 39.8 Å². The first-order valence-electron chi connectivity index (χ1n) is 7.95. The number of aliphatic hydroxyl groups excluding tert-OH is 2. The second kappa shape index (κ2) is 7.70. The van der Waals surface area contributed by atoms with Gasteiger partial charge in [0.05, 0.1) is 29.5 Å². The average Bonchev–Trinajstić information content (AvgIpc) is 2.62. The number of nitrogens with one attached hydrogen (secondary N) is 1. The Bertz CT molecular complexity index is 961. The number of benzene rings is 2. The van der Waals surface area contributed by atoms with Crippen LogP contribution in [0.2, 0.25) is 5.02 Å². The van der Waals surface area contributed by atoms with E-state index >= 15 is 0 Å². The van der Waals surface area contributed by atoms with Gasteiger partial charge in [0.15, 0.2) is 0 Å². The highest BCUT2D eigenvalue weighted by Gasteiger charge is 2.17. The molecule has 0 spiro atoms. The van der Waals surface area contributed by atoms with Crippen LogP contribution in [-0.4, -0.2) is 39.0 Å². The quantitative estimate of drug-likeness (QED) is 0.530. The Kier molecular flexibility index (Phi) is 5.37. The molecule has 6 nitrogen and oxygen atoms in total. The monoisotopic (exact) mass is 372 g/mol. The van der Waals surface area contributed by atoms with Gasteiger partial charge in [0.1, 0.15) is 0 Å². The van der Waals surface area contributed by atoms with Crippen molar-refractivity contribution in [2.24, 2.45) is 0 Å². The molecule has 3 aromatic rings. The summed E-state index contributed by atoms with van der Waals surface area (Å²) in [5, 5.41) is 32.9. The minimum absolute atomic E-state index is 0.0755. The van der Waals surface area contributed by atoms with Crippen LogP contribution < -0.4 is 5.32 Å². The molecule has 0 saturated carbocycles. The number of anilines is 2. The Morgan fingerprint density at radius 1 is 1.23 bits per heavy atom. The van der Waals surface area contributed by atoms with Crippen LogP contribution >= 0.6 is 11.6 Å². The fraction of sp³-hybridized carbons (Fsp3) is 0.158. The van der Waals surface area contributed by atoms with Gasteiger partial charge in [0, 0.05) is 28.7 Å². The third-order valence-corrected chi connectivity index (χ3v) is 4.25. The second-order valence-corrected chi connectivity index (χ2v) is 6.27. The van der Waals surface area contributed by atoms with Crippen LogP contribution in [0.1, 0.15) is 15.9 Å². The molecule has 2 aromatic carbocycles. The summed E-state index contributed by atoms with van der Waals surface area (Å²) in [5.41, 5.74) is 2.37. The van der Waals surface area contributed by atoms with Crippen LogP contribution in [0.25, 0.3) is 10.9 Å². The summed E-state index contributed by atoms with van der Waals surface area (Å²) in [6.07, 6.45) is 0.745. The molecule has 0 aliphatic heterocycles. The van der Waals surface area contributed by atoms with E-state index in [1.807, 2.05) is 0 Å². The lowest BCUT2D eigenvalue weighted by Gasteiger charge is -2.17. The number of aliphatic hydroxyl groups is 2. The molecule has 3 rings (SSSR count). The van der Waals surface area contributed by atoms with Crippen LogP contribution in [-0.2, 0) is 6.42 Å². The van der Waals surface area contributed by atoms with E-state index in [4.69, 9.17) is 16.7 Å². The van der Waals surface area contributed by atoms with Crippen molar-refractivity contribution in [1.82, 2.24) is 4.98 Å². The van der Waals surface area contributed by atoms with Crippen molar-refractivity contribution in [2.75, 3.05) is 11.9 Å². The van der Waals surface area contributed by atoms with Gasteiger partial charge in [-0.05, 0) is 35.9 Å². The van der Waals surface area contributed by atoms with Gasteiger partial charge in [-0.25, -0.2) is 4.79 Å². The number of hydrogen-bond donors (Lipinski definition) is 4. The molecular formula is C19H17ClN2O4. The Morgan fingerprint density at radius 2 is 2.04 bits per heavy atom. The van der Waals surface area contributed by atoms with E-state index < -0.39 is 18.7 Å². The molecule has 7 heteroatoms. The van der Waals surface area contributed by atoms with E-state index in [0.717, 1.165) is 5.39 Å². The molecule has 1 aromatic heterocycles. The summed E-state index contributed by atoms with van der Waals surface area (Å²) in [4.78, 5) is 15.9. The highest BCUT2D eigenvalue weighted by Crippen LogP contribution is 2.31. The maximum Gasteiger partial charge on any atom is 0.337 e. The summed E-state index contributed by atoms with van der Waals surface area (Å²) < 4.78 is 0. The number of rotatable bonds is 6. The number of carboxylic acid groups (broad SMARTS) is 1. The zero-order valence-electron chi connectivity index (χ0n) is 13.7. The fourth-order valence-electron chi connectivity index (χ4n) is 2.78. The molecule has 0 bridgehead atoms. The Balaban J connectivity index is 2.10. The zero-order chi connectivity index (χ0) is 18.7. The maximum atomic E-state index is 11.6. The lowest BCUT2D eigenvalue weighted by Crippen LogP contribution is -2.17. The number of hydrogen-bond acceptors (Lipinski definition) is 5. The Hall–Kier alpha value is -2.67. The number of carboxylic acids is 1. The van der Waals surface area contributed by atoms with E-state index in [1.165, 1.54) is 6.07 Å². The topological polar surface area (TPSA) is 103 Å². The molecule has 1 unspecified atom stereocenters. The molecule has 134 valence electrons. The molecule has 0 amide bonds. The number of pyridine rings is 1. The van der Waals surface area contributed by atoms with Gasteiger partial charge in [-0.3, -0.25) is 4.98 Å². The van der Waals surface area contributed by atoms with Gasteiger partial charge in [0.25, 0.3) is 0 Å². The van der Waals surface area contributed by atoms with Crippen molar-refractivity contribution in [3.05, 3.63) is 64.8 Å². The molecule has 0 saturated heterocycles. The first kappa shape index (κ1) is 18.1. The molecule has 1 atom stereocenters. The number of nitrogens with zero attached hydrogens (tertiary/aromatic N) is 1. The van der Waals surface area contributed by atoms with Gasteiger partial charge in [-0.2, -0.15) is 0 Å².